The lowest BCUT2D eigenvalue weighted by Gasteiger charge is -2.29. The Balaban J connectivity index is 0.000000709. The molecule has 4 aromatic heterocycles. The lowest BCUT2D eigenvalue weighted by atomic mass is 10.0. The number of rotatable bonds is 5. The highest BCUT2D eigenvalue weighted by Crippen LogP contribution is 2.36. The standard InChI is InChI=1S/C24H23FN6S.C2H4O2/c1-4-17-12-27-30-15-18(11-22(24(17)30)32-23-6-5-19(25)13-26-23)21-14-28-31(16(21)2)20-7-9-29(3)10-8-20;3-1-2-4/h1,5-6,11-15,20H,7-10H2,2-3H3;1,4H,2H2. The molecular formula is C26H27FN6O2S. The topological polar surface area (TPSA) is 88.6 Å². The van der Waals surface area contributed by atoms with E-state index in [2.05, 4.69) is 45.6 Å². The lowest BCUT2D eigenvalue weighted by molar-refractivity contribution is -0.110. The Morgan fingerprint density at radius 1 is 1.25 bits per heavy atom. The molecule has 5 heterocycles. The van der Waals surface area contributed by atoms with Gasteiger partial charge >= 0.3 is 0 Å². The number of hydrogen-bond donors (Lipinski definition) is 1. The van der Waals surface area contributed by atoms with Crippen LogP contribution in [-0.4, -0.2) is 67.4 Å². The largest absolute Gasteiger partial charge is 0.389 e. The van der Waals surface area contributed by atoms with E-state index in [1.165, 1.54) is 24.0 Å². The molecule has 36 heavy (non-hydrogen) atoms. The number of likely N-dealkylation sites (tertiary alicyclic amines) is 1. The van der Waals surface area contributed by atoms with Gasteiger partial charge in [-0.25, -0.2) is 13.9 Å². The molecule has 1 N–H and O–H groups in total. The maximum Gasteiger partial charge on any atom is 0.145 e. The van der Waals surface area contributed by atoms with Crippen LogP contribution >= 0.6 is 11.8 Å². The van der Waals surface area contributed by atoms with Crippen molar-refractivity contribution in [2.45, 2.75) is 35.7 Å². The number of aliphatic hydroxyl groups is 1. The molecule has 1 aliphatic rings. The van der Waals surface area contributed by atoms with E-state index >= 15 is 0 Å². The molecule has 0 unspecified atom stereocenters. The van der Waals surface area contributed by atoms with E-state index in [1.54, 1.807) is 12.3 Å². The number of carbonyl (C=O) groups excluding carboxylic acids is 1. The minimum absolute atomic E-state index is 0.361. The minimum Gasteiger partial charge on any atom is -0.389 e. The van der Waals surface area contributed by atoms with Crippen LogP contribution in [0.2, 0.25) is 0 Å². The first kappa shape index (κ1) is 25.6. The number of aromatic nitrogens is 5. The molecule has 0 atom stereocenters. The predicted molar refractivity (Wildman–Crippen MR) is 136 cm³/mol. The summed E-state index contributed by atoms with van der Waals surface area (Å²) in [5.74, 6) is 2.35. The van der Waals surface area contributed by atoms with Gasteiger partial charge in [0.25, 0.3) is 0 Å². The SMILES string of the molecule is C#Cc1cnn2cc(-c3cnn(C4CCN(C)CC4)c3C)cc(Sc3ccc(F)cn3)c12.O=CCO. The summed E-state index contributed by atoms with van der Waals surface area (Å²) in [5.41, 5.74) is 4.76. The van der Waals surface area contributed by atoms with E-state index in [4.69, 9.17) is 21.4 Å². The van der Waals surface area contributed by atoms with Crippen LogP contribution in [-0.2, 0) is 4.79 Å². The molecule has 0 aromatic carbocycles. The molecule has 0 amide bonds. The van der Waals surface area contributed by atoms with Crippen molar-refractivity contribution in [1.82, 2.24) is 29.3 Å². The number of aldehydes is 1. The van der Waals surface area contributed by atoms with Crippen molar-refractivity contribution in [3.05, 3.63) is 60.1 Å². The second-order valence-corrected chi connectivity index (χ2v) is 9.54. The van der Waals surface area contributed by atoms with Crippen molar-refractivity contribution in [1.29, 1.82) is 0 Å². The highest BCUT2D eigenvalue weighted by molar-refractivity contribution is 7.99. The van der Waals surface area contributed by atoms with Gasteiger partial charge in [0.2, 0.25) is 0 Å². The number of nitrogens with zero attached hydrogens (tertiary/aromatic N) is 6. The van der Waals surface area contributed by atoms with E-state index in [0.29, 0.717) is 22.9 Å². The van der Waals surface area contributed by atoms with E-state index in [9.17, 15) is 4.39 Å². The predicted octanol–water partition coefficient (Wildman–Crippen LogP) is 3.62. The molecule has 5 rings (SSSR count). The number of piperidine rings is 1. The molecule has 1 aliphatic heterocycles. The zero-order chi connectivity index (χ0) is 25.7. The van der Waals surface area contributed by atoms with Crippen LogP contribution in [0.3, 0.4) is 0 Å². The zero-order valence-electron chi connectivity index (χ0n) is 20.1. The fraction of sp³-hybridized carbons (Fsp3) is 0.308. The molecule has 1 fully saturated rings. The molecule has 0 aliphatic carbocycles. The van der Waals surface area contributed by atoms with E-state index in [-0.39, 0.29) is 12.4 Å². The Morgan fingerprint density at radius 3 is 2.64 bits per heavy atom. The van der Waals surface area contributed by atoms with Crippen LogP contribution in [0, 0.1) is 25.1 Å². The zero-order valence-corrected chi connectivity index (χ0v) is 21.0. The fourth-order valence-electron chi connectivity index (χ4n) is 4.26. The maximum atomic E-state index is 13.3. The van der Waals surface area contributed by atoms with Crippen molar-refractivity contribution >= 4 is 23.6 Å². The smallest absolute Gasteiger partial charge is 0.145 e. The molecule has 0 radical (unpaired) electrons. The van der Waals surface area contributed by atoms with Gasteiger partial charge in [-0.15, -0.1) is 6.42 Å². The van der Waals surface area contributed by atoms with Gasteiger partial charge in [0.1, 0.15) is 17.1 Å². The number of pyridine rings is 2. The Hall–Kier alpha value is -3.52. The first-order valence-electron chi connectivity index (χ1n) is 11.5. The summed E-state index contributed by atoms with van der Waals surface area (Å²) in [6.07, 6.45) is 15.2. The van der Waals surface area contributed by atoms with Gasteiger partial charge in [0.05, 0.1) is 42.3 Å². The molecule has 0 spiro atoms. The molecule has 0 saturated carbocycles. The van der Waals surface area contributed by atoms with E-state index in [0.717, 1.165) is 53.2 Å². The molecular weight excluding hydrogens is 479 g/mol. The van der Waals surface area contributed by atoms with Crippen LogP contribution in [0.5, 0.6) is 0 Å². The summed E-state index contributed by atoms with van der Waals surface area (Å²) in [6.45, 7) is 3.92. The Labute approximate surface area is 213 Å². The quantitative estimate of drug-likeness (QED) is 0.327. The molecule has 10 heteroatoms. The first-order valence-corrected chi connectivity index (χ1v) is 12.3. The van der Waals surface area contributed by atoms with Crippen molar-refractivity contribution in [3.8, 4) is 23.5 Å². The van der Waals surface area contributed by atoms with Gasteiger partial charge in [-0.1, -0.05) is 17.7 Å². The average Bonchev–Trinajstić information content (AvgIpc) is 3.49. The third kappa shape index (κ3) is 5.49. The van der Waals surface area contributed by atoms with Crippen LogP contribution in [0.25, 0.3) is 16.6 Å². The molecule has 4 aromatic rings. The summed E-state index contributed by atoms with van der Waals surface area (Å²) >= 11 is 1.44. The Kier molecular flexibility index (Phi) is 8.15. The summed E-state index contributed by atoms with van der Waals surface area (Å²) in [5, 5.41) is 17.4. The molecule has 8 nitrogen and oxygen atoms in total. The average molecular weight is 507 g/mol. The number of hydrogen-bond acceptors (Lipinski definition) is 7. The second kappa shape index (κ2) is 11.5. The van der Waals surface area contributed by atoms with Crippen LogP contribution in [0.4, 0.5) is 4.39 Å². The highest BCUT2D eigenvalue weighted by Gasteiger charge is 2.22. The normalized spacial score (nSPS) is 14.3. The van der Waals surface area contributed by atoms with E-state index in [1.807, 2.05) is 16.9 Å². The van der Waals surface area contributed by atoms with Gasteiger partial charge in [-0.05, 0) is 58.1 Å². The van der Waals surface area contributed by atoms with Crippen molar-refractivity contribution in [2.24, 2.45) is 0 Å². The third-order valence-corrected chi connectivity index (χ3v) is 7.09. The van der Waals surface area contributed by atoms with Gasteiger partial charge < -0.3 is 14.8 Å². The highest BCUT2D eigenvalue weighted by atomic mass is 32.2. The van der Waals surface area contributed by atoms with Crippen LogP contribution in [0.15, 0.2) is 52.9 Å². The minimum atomic E-state index is -0.362. The Bertz CT molecular complexity index is 1380. The molecule has 0 bridgehead atoms. The summed E-state index contributed by atoms with van der Waals surface area (Å²) in [6, 6.07) is 5.58. The van der Waals surface area contributed by atoms with E-state index < -0.39 is 0 Å². The van der Waals surface area contributed by atoms with Crippen molar-refractivity contribution in [3.63, 3.8) is 0 Å². The summed E-state index contributed by atoms with van der Waals surface area (Å²) in [7, 11) is 2.16. The summed E-state index contributed by atoms with van der Waals surface area (Å²) < 4.78 is 17.3. The van der Waals surface area contributed by atoms with Gasteiger partial charge in [-0.3, -0.25) is 4.68 Å². The molecule has 1 saturated heterocycles. The Morgan fingerprint density at radius 2 is 2.00 bits per heavy atom. The van der Waals surface area contributed by atoms with Crippen molar-refractivity contribution < 1.29 is 14.3 Å². The number of aliphatic hydroxyl groups excluding tert-OH is 1. The number of fused-ring (bicyclic) bond motifs is 1. The lowest BCUT2D eigenvalue weighted by Crippen LogP contribution is -2.32. The number of terminal acetylenes is 1. The van der Waals surface area contributed by atoms with Crippen LogP contribution < -0.4 is 0 Å². The van der Waals surface area contributed by atoms with Gasteiger partial charge in [0, 0.05) is 27.9 Å². The van der Waals surface area contributed by atoms with Gasteiger partial charge in [-0.2, -0.15) is 10.2 Å². The first-order chi connectivity index (χ1) is 17.4. The second-order valence-electron chi connectivity index (χ2n) is 8.48. The third-order valence-electron chi connectivity index (χ3n) is 6.11. The number of carbonyl (C=O) groups is 1. The summed E-state index contributed by atoms with van der Waals surface area (Å²) in [4.78, 5) is 16.4. The number of halogens is 1. The van der Waals surface area contributed by atoms with Crippen LogP contribution in [0.1, 0.15) is 30.1 Å². The monoisotopic (exact) mass is 506 g/mol. The van der Waals surface area contributed by atoms with Gasteiger partial charge in [0.15, 0.2) is 0 Å². The maximum absolute atomic E-state index is 13.3. The van der Waals surface area contributed by atoms with Crippen molar-refractivity contribution in [2.75, 3.05) is 26.7 Å². The fourth-order valence-corrected chi connectivity index (χ4v) is 5.22. The molecule has 186 valence electrons.